The highest BCUT2D eigenvalue weighted by Gasteiger charge is 2.19. The fourth-order valence-electron chi connectivity index (χ4n) is 8.75. The first-order chi connectivity index (χ1) is 26.8. The molecule has 54 heavy (non-hydrogen) atoms. The van der Waals surface area contributed by atoms with Crippen LogP contribution >= 0.6 is 0 Å². The minimum absolute atomic E-state index is 1.04. The zero-order valence-electron chi connectivity index (χ0n) is 29.5. The Hall–Kier alpha value is -7.09. The zero-order chi connectivity index (χ0) is 35.6. The van der Waals surface area contributed by atoms with E-state index in [2.05, 4.69) is 200 Å². The van der Waals surface area contributed by atoms with Crippen LogP contribution < -0.4 is 0 Å². The van der Waals surface area contributed by atoms with E-state index >= 15 is 0 Å². The largest absolute Gasteiger partial charge is 0.246 e. The molecule has 0 fully saturated rings. The lowest BCUT2D eigenvalue weighted by atomic mass is 9.84. The fourth-order valence-corrected chi connectivity index (χ4v) is 8.75. The normalized spacial score (nSPS) is 11.7. The second kappa shape index (κ2) is 12.3. The average Bonchev–Trinajstić information content (AvgIpc) is 3.25. The Morgan fingerprint density at radius 2 is 0.648 bits per heavy atom. The van der Waals surface area contributed by atoms with Crippen molar-refractivity contribution in [3.8, 4) is 44.5 Å². The Morgan fingerprint density at radius 3 is 1.22 bits per heavy atom. The lowest BCUT2D eigenvalue weighted by Crippen LogP contribution is -1.92. The van der Waals surface area contributed by atoms with Gasteiger partial charge in [-0.3, -0.25) is 0 Å². The number of fused-ring (bicyclic) bond motifs is 9. The van der Waals surface area contributed by atoms with Gasteiger partial charge in [-0.05, 0) is 77.3 Å². The SMILES string of the molecule is c1ccc(-c2c(-c3ccc(-c4cccc(-c5c6ccc7ccccc7c6nc6c5ccc5ccccc56)c4)cc3)c3ccccc3c3ccccc23)cc1. The van der Waals surface area contributed by atoms with Gasteiger partial charge >= 0.3 is 0 Å². The van der Waals surface area contributed by atoms with Crippen molar-refractivity contribution in [1.29, 1.82) is 0 Å². The van der Waals surface area contributed by atoms with E-state index in [1.54, 1.807) is 0 Å². The maximum atomic E-state index is 5.41. The summed E-state index contributed by atoms with van der Waals surface area (Å²) >= 11 is 0. The first-order valence-corrected chi connectivity index (χ1v) is 18.6. The van der Waals surface area contributed by atoms with Crippen molar-refractivity contribution < 1.29 is 0 Å². The predicted molar refractivity (Wildman–Crippen MR) is 231 cm³/mol. The Morgan fingerprint density at radius 1 is 0.222 bits per heavy atom. The minimum Gasteiger partial charge on any atom is -0.246 e. The van der Waals surface area contributed by atoms with Crippen molar-refractivity contribution in [3.63, 3.8) is 0 Å². The van der Waals surface area contributed by atoms with Crippen LogP contribution in [0, 0.1) is 0 Å². The van der Waals surface area contributed by atoms with Gasteiger partial charge in [0.15, 0.2) is 0 Å². The Kier molecular flexibility index (Phi) is 6.93. The first kappa shape index (κ1) is 30.5. The lowest BCUT2D eigenvalue weighted by molar-refractivity contribution is 1.53. The molecule has 0 unspecified atom stereocenters. The maximum Gasteiger partial charge on any atom is 0.0794 e. The van der Waals surface area contributed by atoms with E-state index in [-0.39, 0.29) is 0 Å². The number of hydrogen-bond acceptors (Lipinski definition) is 1. The van der Waals surface area contributed by atoms with Gasteiger partial charge in [0.25, 0.3) is 0 Å². The molecule has 10 aromatic carbocycles. The van der Waals surface area contributed by atoms with E-state index in [0.717, 1.165) is 11.0 Å². The third-order valence-electron chi connectivity index (χ3n) is 11.2. The van der Waals surface area contributed by atoms with Crippen molar-refractivity contribution in [1.82, 2.24) is 4.98 Å². The van der Waals surface area contributed by atoms with Crippen LogP contribution in [0.1, 0.15) is 0 Å². The van der Waals surface area contributed by atoms with Gasteiger partial charge < -0.3 is 0 Å². The van der Waals surface area contributed by atoms with Gasteiger partial charge in [-0.15, -0.1) is 0 Å². The highest BCUT2D eigenvalue weighted by molar-refractivity contribution is 6.23. The van der Waals surface area contributed by atoms with Crippen molar-refractivity contribution in [2.45, 2.75) is 0 Å². The number of nitrogens with zero attached hydrogens (tertiary/aromatic N) is 1. The monoisotopic (exact) mass is 683 g/mol. The molecule has 1 nitrogen and oxygen atoms in total. The molecule has 0 saturated carbocycles. The summed E-state index contributed by atoms with van der Waals surface area (Å²) in [5.41, 5.74) is 11.8. The summed E-state index contributed by atoms with van der Waals surface area (Å²) in [6, 6.07) is 72.9. The van der Waals surface area contributed by atoms with Gasteiger partial charge in [0.05, 0.1) is 11.0 Å². The molecule has 1 heteroatoms. The van der Waals surface area contributed by atoms with Crippen molar-refractivity contribution in [2.24, 2.45) is 0 Å². The van der Waals surface area contributed by atoms with Crippen LogP contribution in [0.5, 0.6) is 0 Å². The summed E-state index contributed by atoms with van der Waals surface area (Å²) in [5.74, 6) is 0. The molecule has 0 bridgehead atoms. The zero-order valence-corrected chi connectivity index (χ0v) is 29.5. The summed E-state index contributed by atoms with van der Waals surface area (Å²) in [6.45, 7) is 0. The number of aromatic nitrogens is 1. The smallest absolute Gasteiger partial charge is 0.0794 e. The molecular formula is C53H33N. The molecule has 0 atom stereocenters. The van der Waals surface area contributed by atoms with E-state index < -0.39 is 0 Å². The van der Waals surface area contributed by atoms with Gasteiger partial charge in [-0.25, -0.2) is 4.98 Å². The Labute approximate surface area is 313 Å². The van der Waals surface area contributed by atoms with Crippen LogP contribution in [0.15, 0.2) is 200 Å². The van der Waals surface area contributed by atoms with Gasteiger partial charge in [0.2, 0.25) is 0 Å². The van der Waals surface area contributed by atoms with Crippen LogP contribution in [0.2, 0.25) is 0 Å². The fraction of sp³-hybridized carbons (Fsp3) is 0. The minimum atomic E-state index is 1.04. The predicted octanol–water partition coefficient (Wildman–Crippen LogP) is 14.7. The van der Waals surface area contributed by atoms with Gasteiger partial charge in [0.1, 0.15) is 0 Å². The van der Waals surface area contributed by atoms with Crippen LogP contribution in [0.3, 0.4) is 0 Å². The molecule has 0 spiro atoms. The quantitative estimate of drug-likeness (QED) is 0.133. The van der Waals surface area contributed by atoms with E-state index in [9.17, 15) is 0 Å². The first-order valence-electron chi connectivity index (χ1n) is 18.6. The van der Waals surface area contributed by atoms with E-state index in [1.807, 2.05) is 0 Å². The molecule has 250 valence electrons. The molecule has 0 aliphatic rings. The summed E-state index contributed by atoms with van der Waals surface area (Å²) in [5, 5.41) is 12.2. The average molecular weight is 684 g/mol. The number of hydrogen-bond donors (Lipinski definition) is 0. The van der Waals surface area contributed by atoms with Crippen molar-refractivity contribution in [2.75, 3.05) is 0 Å². The molecular weight excluding hydrogens is 651 g/mol. The lowest BCUT2D eigenvalue weighted by Gasteiger charge is -2.19. The molecule has 0 N–H and O–H groups in total. The van der Waals surface area contributed by atoms with Gasteiger partial charge in [0, 0.05) is 27.1 Å². The third-order valence-corrected chi connectivity index (χ3v) is 11.2. The molecule has 0 saturated heterocycles. The third kappa shape index (κ3) is 4.76. The van der Waals surface area contributed by atoms with Crippen LogP contribution in [-0.2, 0) is 0 Å². The Balaban J connectivity index is 1.10. The molecule has 11 rings (SSSR count). The highest BCUT2D eigenvalue weighted by atomic mass is 14.7. The topological polar surface area (TPSA) is 12.9 Å². The molecule has 0 aliphatic heterocycles. The molecule has 0 radical (unpaired) electrons. The van der Waals surface area contributed by atoms with E-state index in [0.29, 0.717) is 0 Å². The van der Waals surface area contributed by atoms with E-state index in [4.69, 9.17) is 4.98 Å². The second-order valence-corrected chi connectivity index (χ2v) is 14.2. The number of benzene rings is 10. The van der Waals surface area contributed by atoms with Gasteiger partial charge in [-0.1, -0.05) is 194 Å². The molecule has 1 aromatic heterocycles. The summed E-state index contributed by atoms with van der Waals surface area (Å²) in [7, 11) is 0. The van der Waals surface area contributed by atoms with Gasteiger partial charge in [-0.2, -0.15) is 0 Å². The van der Waals surface area contributed by atoms with Crippen molar-refractivity contribution >= 4 is 64.9 Å². The summed E-state index contributed by atoms with van der Waals surface area (Å²) in [6.07, 6.45) is 0. The summed E-state index contributed by atoms with van der Waals surface area (Å²) < 4.78 is 0. The van der Waals surface area contributed by atoms with Crippen molar-refractivity contribution in [3.05, 3.63) is 200 Å². The number of pyridine rings is 1. The standard InChI is InChI=1S/C53H33N/c1-2-15-37(16-3-1)50-45-23-10-8-21-43(45)44-22-9-11-24-46(44)51(50)38-27-25-34(26-28-38)39-17-12-18-40(33-39)49-47-31-29-35-13-4-6-19-41(35)52(47)54-53-42-20-7-5-14-36(42)30-32-48(49)53/h1-33H. The highest BCUT2D eigenvalue weighted by Crippen LogP contribution is 2.45. The van der Waals surface area contributed by atoms with Crippen LogP contribution in [-0.4, -0.2) is 4.98 Å². The number of rotatable bonds is 4. The van der Waals surface area contributed by atoms with Crippen LogP contribution in [0.25, 0.3) is 109 Å². The summed E-state index contributed by atoms with van der Waals surface area (Å²) in [4.78, 5) is 5.41. The maximum absolute atomic E-state index is 5.41. The Bertz CT molecular complexity index is 3160. The molecule has 1 heterocycles. The molecule has 11 aromatic rings. The van der Waals surface area contributed by atoms with E-state index in [1.165, 1.54) is 98.4 Å². The molecule has 0 aliphatic carbocycles. The second-order valence-electron chi connectivity index (χ2n) is 14.2. The molecule has 0 amide bonds. The van der Waals surface area contributed by atoms with Crippen LogP contribution in [0.4, 0.5) is 0 Å².